The average Bonchev–Trinajstić information content (AvgIpc) is 3.64. The molecule has 1 atom stereocenters. The van der Waals surface area contributed by atoms with Crippen LogP contribution in [0.5, 0.6) is 5.75 Å². The number of benzene rings is 2. The molecule has 20 heteroatoms. The molecule has 4 aromatic rings. The number of nitrogens with two attached hydrogens (primary N) is 1. The number of fused-ring (bicyclic) bond motifs is 1. The van der Waals surface area contributed by atoms with Crippen LogP contribution in [0.1, 0.15) is 37.0 Å². The van der Waals surface area contributed by atoms with E-state index in [4.69, 9.17) is 15.0 Å². The Kier molecular flexibility index (Phi) is 8.18. The monoisotopic (exact) mass is 688 g/mol. The predicted octanol–water partition coefficient (Wildman–Crippen LogP) is 2.78. The number of hydrogen-bond acceptors (Lipinski definition) is 13. The molecule has 3 heterocycles. The van der Waals surface area contributed by atoms with Gasteiger partial charge < -0.3 is 24.4 Å². The molecule has 0 saturated carbocycles. The van der Waals surface area contributed by atoms with Crippen molar-refractivity contribution in [3.63, 3.8) is 0 Å². The number of halogens is 4. The highest BCUT2D eigenvalue weighted by Crippen LogP contribution is 2.38. The van der Waals surface area contributed by atoms with Gasteiger partial charge in [-0.25, -0.2) is 21.2 Å². The van der Waals surface area contributed by atoms with Crippen LogP contribution in [0, 0.1) is 5.82 Å². The first-order chi connectivity index (χ1) is 21.3. The molecule has 0 fully saturated rings. The minimum absolute atomic E-state index is 0.187. The highest BCUT2D eigenvalue weighted by atomic mass is 32.2. The van der Waals surface area contributed by atoms with Gasteiger partial charge in [-0.15, -0.1) is 0 Å². The summed E-state index contributed by atoms with van der Waals surface area (Å²) in [5, 5.41) is 6.53. The lowest BCUT2D eigenvalue weighted by atomic mass is 10.1. The second-order valence-corrected chi connectivity index (χ2v) is 15.3. The number of hydrogen-bond donors (Lipinski definition) is 1. The summed E-state index contributed by atoms with van der Waals surface area (Å²) in [5.41, 5.74) is 5.75. The maximum Gasteiger partial charge on any atom is 0.455 e. The predicted molar refractivity (Wildman–Crippen MR) is 149 cm³/mol. The van der Waals surface area contributed by atoms with Crippen molar-refractivity contribution in [3.8, 4) is 17.1 Å². The molecule has 2 N–H and O–H groups in total. The lowest BCUT2D eigenvalue weighted by molar-refractivity contribution is -0.146. The molecule has 46 heavy (non-hydrogen) atoms. The smallest absolute Gasteiger partial charge is 0.455 e. The van der Waals surface area contributed by atoms with Crippen LogP contribution < -0.4 is 15.4 Å². The van der Waals surface area contributed by atoms with E-state index in [-0.39, 0.29) is 29.4 Å². The Labute approximate surface area is 258 Å². The first-order valence-electron chi connectivity index (χ1n) is 13.1. The fraction of sp³-hybridized carbons (Fsp3) is 0.346. The lowest BCUT2D eigenvalue weighted by Crippen LogP contribution is -2.45. The van der Waals surface area contributed by atoms with Crippen LogP contribution in [0.15, 0.2) is 50.3 Å². The number of carbonyl (C=O) groups is 1. The number of ether oxygens (including phenoxy) is 1. The zero-order valence-corrected chi connectivity index (χ0v) is 25.7. The van der Waals surface area contributed by atoms with Gasteiger partial charge in [-0.1, -0.05) is 22.4 Å². The first-order valence-corrected chi connectivity index (χ1v) is 16.6. The SMILES string of the molecule is CC(C)(c1nc(-c2cc3c(cc2F)S(=O)(=O)C[C@H](N)C(=O)N3Cc2ccc(OCc3nc(C(F)(F)F)no3)cc2)no1)S(C)(=O)=O. The summed E-state index contributed by atoms with van der Waals surface area (Å²) in [6.45, 7) is 1.90. The van der Waals surface area contributed by atoms with Gasteiger partial charge in [0.2, 0.25) is 17.6 Å². The number of sulfone groups is 2. The summed E-state index contributed by atoms with van der Waals surface area (Å²) < 4.78 is 118. The summed E-state index contributed by atoms with van der Waals surface area (Å²) in [7, 11) is -8.02. The van der Waals surface area contributed by atoms with Gasteiger partial charge >= 0.3 is 6.18 Å². The van der Waals surface area contributed by atoms with Crippen molar-refractivity contribution in [2.45, 2.75) is 48.9 Å². The fourth-order valence-corrected chi connectivity index (χ4v) is 6.20. The maximum absolute atomic E-state index is 15.4. The molecule has 0 unspecified atom stereocenters. The summed E-state index contributed by atoms with van der Waals surface area (Å²) in [5.74, 6) is -5.11. The molecule has 0 saturated heterocycles. The number of anilines is 1. The van der Waals surface area contributed by atoms with Crippen LogP contribution in [0.2, 0.25) is 0 Å². The average molecular weight is 689 g/mol. The third-order valence-electron chi connectivity index (χ3n) is 7.11. The van der Waals surface area contributed by atoms with E-state index in [0.29, 0.717) is 11.6 Å². The molecule has 1 amide bonds. The number of nitrogens with zero attached hydrogens (tertiary/aromatic N) is 5. The normalized spacial score (nSPS) is 17.1. The Morgan fingerprint density at radius 1 is 1.09 bits per heavy atom. The van der Waals surface area contributed by atoms with E-state index in [2.05, 4.69) is 24.8 Å². The van der Waals surface area contributed by atoms with Gasteiger partial charge in [0.15, 0.2) is 26.3 Å². The number of amides is 1. The van der Waals surface area contributed by atoms with Gasteiger partial charge in [0.25, 0.3) is 11.7 Å². The second kappa shape index (κ2) is 11.4. The van der Waals surface area contributed by atoms with Gasteiger partial charge in [0.05, 0.1) is 34.5 Å². The zero-order chi connectivity index (χ0) is 33.8. The van der Waals surface area contributed by atoms with Gasteiger partial charge in [-0.05, 0) is 43.7 Å². The molecule has 1 aliphatic rings. The third-order valence-corrected chi connectivity index (χ3v) is 10.9. The molecule has 14 nitrogen and oxygen atoms in total. The van der Waals surface area contributed by atoms with Crippen molar-refractivity contribution in [1.29, 1.82) is 0 Å². The zero-order valence-electron chi connectivity index (χ0n) is 24.1. The number of aromatic nitrogens is 4. The Balaban J connectivity index is 1.46. The van der Waals surface area contributed by atoms with Crippen LogP contribution in [0.4, 0.5) is 23.2 Å². The number of carbonyl (C=O) groups excluding carboxylic acids is 1. The van der Waals surface area contributed by atoms with Crippen molar-refractivity contribution >= 4 is 31.3 Å². The Hall–Kier alpha value is -4.43. The maximum atomic E-state index is 15.4. The van der Waals surface area contributed by atoms with Gasteiger partial charge in [0.1, 0.15) is 16.3 Å². The molecule has 0 spiro atoms. The van der Waals surface area contributed by atoms with Crippen LogP contribution in [-0.4, -0.2) is 61.1 Å². The summed E-state index contributed by atoms with van der Waals surface area (Å²) in [4.78, 5) is 21.1. The van der Waals surface area contributed by atoms with E-state index in [1.54, 1.807) is 0 Å². The minimum atomic E-state index is -4.79. The Morgan fingerprint density at radius 3 is 2.37 bits per heavy atom. The minimum Gasteiger partial charge on any atom is -0.484 e. The largest absolute Gasteiger partial charge is 0.484 e. The van der Waals surface area contributed by atoms with E-state index in [1.807, 2.05) is 0 Å². The molecule has 0 bridgehead atoms. The van der Waals surface area contributed by atoms with Crippen molar-refractivity contribution in [3.05, 3.63) is 65.4 Å². The van der Waals surface area contributed by atoms with E-state index in [9.17, 15) is 34.8 Å². The lowest BCUT2D eigenvalue weighted by Gasteiger charge is -2.24. The molecule has 5 rings (SSSR count). The molecular formula is C26H24F4N6O8S2. The molecule has 2 aromatic carbocycles. The van der Waals surface area contributed by atoms with E-state index < -0.39 is 83.2 Å². The standard InChI is InChI=1S/C26H24F4N6O8S2/c1-25(2,45(3,38)39)24-33-21(34-44-24)15-8-18-19(9-16(15)27)46(40,41)12-17(31)22(37)36(18)10-13-4-6-14(7-5-13)42-11-20-32-23(35-43-20)26(28,29)30/h4-9,17H,10-12,31H2,1-3H3/t17-/m0/s1. The van der Waals surface area contributed by atoms with Crippen molar-refractivity contribution in [2.75, 3.05) is 16.9 Å². The van der Waals surface area contributed by atoms with Gasteiger partial charge in [0, 0.05) is 6.26 Å². The molecule has 246 valence electrons. The summed E-state index contributed by atoms with van der Waals surface area (Å²) >= 11 is 0. The van der Waals surface area contributed by atoms with Crippen LogP contribution >= 0.6 is 0 Å². The summed E-state index contributed by atoms with van der Waals surface area (Å²) in [6, 6.07) is 6.07. The molecule has 0 radical (unpaired) electrons. The van der Waals surface area contributed by atoms with E-state index >= 15 is 4.39 Å². The first kappa shape index (κ1) is 32.9. The quantitative estimate of drug-likeness (QED) is 0.265. The number of rotatable bonds is 8. The topological polar surface area (TPSA) is 202 Å². The van der Waals surface area contributed by atoms with Crippen LogP contribution in [0.3, 0.4) is 0 Å². The van der Waals surface area contributed by atoms with Gasteiger partial charge in [-0.2, -0.15) is 23.1 Å². The Morgan fingerprint density at radius 2 is 1.76 bits per heavy atom. The van der Waals surface area contributed by atoms with Crippen LogP contribution in [-0.2, 0) is 48.5 Å². The van der Waals surface area contributed by atoms with Crippen molar-refractivity contribution in [1.82, 2.24) is 20.3 Å². The van der Waals surface area contributed by atoms with Crippen molar-refractivity contribution in [2.24, 2.45) is 5.73 Å². The highest BCUT2D eigenvalue weighted by Gasteiger charge is 2.40. The van der Waals surface area contributed by atoms with E-state index in [1.165, 1.54) is 38.1 Å². The van der Waals surface area contributed by atoms with Crippen molar-refractivity contribution < 1.29 is 53.0 Å². The molecule has 1 aliphatic heterocycles. The highest BCUT2D eigenvalue weighted by molar-refractivity contribution is 7.92. The molecule has 0 aliphatic carbocycles. The number of alkyl halides is 3. The van der Waals surface area contributed by atoms with Crippen LogP contribution in [0.25, 0.3) is 11.4 Å². The van der Waals surface area contributed by atoms with E-state index in [0.717, 1.165) is 17.2 Å². The molecular weight excluding hydrogens is 664 g/mol. The van der Waals surface area contributed by atoms with Gasteiger partial charge in [-0.3, -0.25) is 4.79 Å². The third kappa shape index (κ3) is 6.31. The second-order valence-electron chi connectivity index (χ2n) is 10.8. The summed E-state index contributed by atoms with van der Waals surface area (Å²) in [6.07, 6.45) is -3.83. The fourth-order valence-electron chi connectivity index (χ4n) is 4.24. The molecule has 2 aromatic heterocycles. The Bertz CT molecular complexity index is 2030.